The van der Waals surface area contributed by atoms with Gasteiger partial charge in [0.25, 0.3) is 6.47 Å². The van der Waals surface area contributed by atoms with Gasteiger partial charge in [0, 0.05) is 6.07 Å². The Kier molecular flexibility index (Phi) is 2.27. The monoisotopic (exact) mass is 183 g/mol. The van der Waals surface area contributed by atoms with Gasteiger partial charge in [-0.25, -0.2) is 0 Å². The van der Waals surface area contributed by atoms with Crippen LogP contribution in [0.5, 0.6) is 0 Å². The number of nitrogens with two attached hydrogens (primary N) is 1. The largest absolute Gasteiger partial charge is 0.462 e. The Labute approximate surface area is 76.5 Å². The number of hydrogen-bond donors (Lipinski definition) is 1. The maximum Gasteiger partial charge on any atom is 0.293 e. The van der Waals surface area contributed by atoms with Crippen molar-refractivity contribution in [1.29, 1.82) is 0 Å². The molecule has 72 valence electrons. The second-order valence-corrected chi connectivity index (χ2v) is 3.67. The van der Waals surface area contributed by atoms with Crippen LogP contribution in [0.25, 0.3) is 5.82 Å². The summed E-state index contributed by atoms with van der Waals surface area (Å²) >= 11 is 0. The van der Waals surface area contributed by atoms with E-state index >= 15 is 0 Å². The number of nitrogens with zero attached hydrogens (tertiary/aromatic N) is 2. The van der Waals surface area contributed by atoms with E-state index in [1.807, 2.05) is 26.8 Å². The number of nitrogen functional groups attached to an aromatic ring is 1. The van der Waals surface area contributed by atoms with E-state index in [0.717, 1.165) is 11.6 Å². The lowest BCUT2D eigenvalue weighted by Gasteiger charge is -2.14. The molecule has 5 nitrogen and oxygen atoms in total. The van der Waals surface area contributed by atoms with Gasteiger partial charge in [-0.3, -0.25) is 4.79 Å². The number of fused-ring (bicyclic) bond motifs is 1. The molecule has 2 heterocycles. The highest BCUT2D eigenvalue weighted by Gasteiger charge is 2.19. The zero-order valence-electron chi connectivity index (χ0n) is 7.94. The minimum absolute atomic E-state index is 0.318. The lowest BCUT2D eigenvalue weighted by atomic mass is 10.2. The van der Waals surface area contributed by atoms with E-state index in [9.17, 15) is 4.79 Å². The quantitative estimate of drug-likeness (QED) is 0.661. The molecular weight excluding hydrogens is 170 g/mol. The van der Waals surface area contributed by atoms with E-state index in [4.69, 9.17) is 5.73 Å². The molecule has 0 radical (unpaired) electrons. The van der Waals surface area contributed by atoms with Crippen molar-refractivity contribution in [3.63, 3.8) is 0 Å². The van der Waals surface area contributed by atoms with Crippen molar-refractivity contribution in [1.82, 2.24) is 9.78 Å². The van der Waals surface area contributed by atoms with Crippen LogP contribution in [0.3, 0.4) is 0 Å². The van der Waals surface area contributed by atoms with Gasteiger partial charge in [0.15, 0.2) is 5.82 Å². The standard InChI is InChI=1S/C5H10O2.C3H3N3/c1-5(2,3)7-4-6;4-2-1-3-5-6(2)3/h4H,1-3H3;1H,4H2. The van der Waals surface area contributed by atoms with Gasteiger partial charge in [-0.2, -0.15) is 4.68 Å². The van der Waals surface area contributed by atoms with Crippen molar-refractivity contribution >= 4 is 12.3 Å². The number of carbonyl (C=O) groups is 1. The number of carbonyl (C=O) groups excluding carboxylic acids is 1. The Morgan fingerprint density at radius 1 is 1.62 bits per heavy atom. The Hall–Kier alpha value is -1.52. The van der Waals surface area contributed by atoms with Crippen molar-refractivity contribution in [2.24, 2.45) is 0 Å². The van der Waals surface area contributed by atoms with Crippen LogP contribution >= 0.6 is 0 Å². The summed E-state index contributed by atoms with van der Waals surface area (Å²) in [6.07, 6.45) is 0. The van der Waals surface area contributed by atoms with Gasteiger partial charge in [-0.1, -0.05) is 0 Å². The minimum Gasteiger partial charge on any atom is -0.462 e. The molecule has 0 aliphatic carbocycles. The summed E-state index contributed by atoms with van der Waals surface area (Å²) in [5.41, 5.74) is 4.92. The fourth-order valence-electron chi connectivity index (χ4n) is 0.632. The van der Waals surface area contributed by atoms with Crippen LogP contribution in [-0.2, 0) is 9.53 Å². The zero-order chi connectivity index (χ0) is 10.1. The Morgan fingerprint density at radius 2 is 2.23 bits per heavy atom. The fourth-order valence-corrected chi connectivity index (χ4v) is 0.632. The highest BCUT2D eigenvalue weighted by Crippen LogP contribution is 2.24. The highest BCUT2D eigenvalue weighted by atomic mass is 16.5. The molecule has 5 heteroatoms. The number of rotatable bonds is 1. The predicted molar refractivity (Wildman–Crippen MR) is 48.4 cm³/mol. The minimum atomic E-state index is -0.318. The number of aromatic nitrogens is 2. The van der Waals surface area contributed by atoms with Crippen molar-refractivity contribution in [2.75, 3.05) is 5.73 Å². The molecule has 0 spiro atoms. The first-order valence-electron chi connectivity index (χ1n) is 3.91. The number of ether oxygens (including phenoxy) is 1. The van der Waals surface area contributed by atoms with Crippen molar-refractivity contribution in [3.05, 3.63) is 6.07 Å². The molecule has 0 aromatic rings. The molecule has 0 atom stereocenters. The van der Waals surface area contributed by atoms with Gasteiger partial charge in [-0.15, -0.1) is 5.10 Å². The molecule has 0 saturated carbocycles. The van der Waals surface area contributed by atoms with Crippen LogP contribution in [0.15, 0.2) is 6.07 Å². The molecule has 2 aliphatic heterocycles. The molecule has 0 aromatic carbocycles. The van der Waals surface area contributed by atoms with Crippen LogP contribution in [0.2, 0.25) is 0 Å². The summed E-state index contributed by atoms with van der Waals surface area (Å²) in [6.45, 7) is 5.92. The molecule has 0 amide bonds. The number of anilines is 1. The molecule has 2 N–H and O–H groups in total. The van der Waals surface area contributed by atoms with E-state index in [1.165, 1.54) is 0 Å². The Bertz CT molecular complexity index is 312. The number of hydrogen-bond acceptors (Lipinski definition) is 4. The van der Waals surface area contributed by atoms with Gasteiger partial charge >= 0.3 is 0 Å². The van der Waals surface area contributed by atoms with E-state index in [2.05, 4.69) is 9.84 Å². The molecule has 0 aromatic heterocycles. The van der Waals surface area contributed by atoms with Crippen LogP contribution in [0.1, 0.15) is 20.8 Å². The second kappa shape index (κ2) is 3.08. The normalized spacial score (nSPS) is 11.3. The van der Waals surface area contributed by atoms with Crippen molar-refractivity contribution in [3.8, 4) is 5.82 Å². The van der Waals surface area contributed by atoms with Gasteiger partial charge in [0.05, 0.1) is 0 Å². The maximum atomic E-state index is 9.60. The fraction of sp³-hybridized carbons (Fsp3) is 0.500. The molecule has 0 fully saturated rings. The molecule has 13 heavy (non-hydrogen) atoms. The smallest absolute Gasteiger partial charge is 0.293 e. The Morgan fingerprint density at radius 3 is 2.23 bits per heavy atom. The summed E-state index contributed by atoms with van der Waals surface area (Å²) in [7, 11) is 0. The lowest BCUT2D eigenvalue weighted by Crippen LogP contribution is -2.17. The first-order valence-corrected chi connectivity index (χ1v) is 3.91. The first kappa shape index (κ1) is 9.57. The van der Waals surface area contributed by atoms with Crippen molar-refractivity contribution < 1.29 is 9.53 Å². The summed E-state index contributed by atoms with van der Waals surface area (Å²) in [4.78, 5) is 9.60. The third-order valence-corrected chi connectivity index (χ3v) is 1.30. The maximum absolute atomic E-state index is 9.60. The van der Waals surface area contributed by atoms with Crippen LogP contribution < -0.4 is 5.73 Å². The van der Waals surface area contributed by atoms with E-state index < -0.39 is 0 Å². The third-order valence-electron chi connectivity index (χ3n) is 1.30. The summed E-state index contributed by atoms with van der Waals surface area (Å²) in [6, 6.07) is 1.83. The average molecular weight is 183 g/mol. The van der Waals surface area contributed by atoms with Crippen molar-refractivity contribution in [2.45, 2.75) is 26.4 Å². The molecule has 0 saturated heterocycles. The van der Waals surface area contributed by atoms with Crippen LogP contribution in [-0.4, -0.2) is 21.9 Å². The molecule has 0 bridgehead atoms. The van der Waals surface area contributed by atoms with E-state index in [0.29, 0.717) is 6.47 Å². The summed E-state index contributed by atoms with van der Waals surface area (Å²) in [5, 5.41) is 3.78. The molecule has 0 unspecified atom stereocenters. The van der Waals surface area contributed by atoms with Gasteiger partial charge in [-0.05, 0) is 20.8 Å². The lowest BCUT2D eigenvalue weighted by molar-refractivity contribution is -0.138. The average Bonchev–Trinajstić information content (AvgIpc) is 2.59. The summed E-state index contributed by atoms with van der Waals surface area (Å²) < 4.78 is 6.24. The molecule has 2 aliphatic rings. The molecular formula is C8H13N3O2. The summed E-state index contributed by atoms with van der Waals surface area (Å²) in [5.74, 6) is 1.79. The van der Waals surface area contributed by atoms with Crippen LogP contribution in [0.4, 0.5) is 5.82 Å². The van der Waals surface area contributed by atoms with E-state index in [1.54, 1.807) is 4.68 Å². The van der Waals surface area contributed by atoms with Gasteiger partial charge in [0.2, 0.25) is 0 Å². The third kappa shape index (κ3) is 2.77. The highest BCUT2D eigenvalue weighted by molar-refractivity contribution is 5.53. The van der Waals surface area contributed by atoms with E-state index in [-0.39, 0.29) is 5.60 Å². The van der Waals surface area contributed by atoms with Crippen LogP contribution in [0, 0.1) is 0 Å². The topological polar surface area (TPSA) is 70.1 Å². The molecule has 2 rings (SSSR count). The zero-order valence-corrected chi connectivity index (χ0v) is 7.94. The predicted octanol–water partition coefficient (Wildman–Crippen LogP) is 0.726. The Balaban J connectivity index is 0.000000130. The second-order valence-electron chi connectivity index (χ2n) is 3.67. The van der Waals surface area contributed by atoms with Gasteiger partial charge < -0.3 is 10.5 Å². The SMILES string of the molecule is CC(C)(C)OC=O.Nc1cc2nn1-2. The first-order chi connectivity index (χ1) is 5.94. The van der Waals surface area contributed by atoms with Gasteiger partial charge in [0.1, 0.15) is 11.4 Å².